The van der Waals surface area contributed by atoms with Gasteiger partial charge in [0.15, 0.2) is 0 Å². The lowest BCUT2D eigenvalue weighted by Crippen LogP contribution is -2.59. The zero-order valence-corrected chi connectivity index (χ0v) is 23.3. The summed E-state index contributed by atoms with van der Waals surface area (Å²) in [5.41, 5.74) is 8.28. The third-order valence-electron chi connectivity index (χ3n) is 6.23. The van der Waals surface area contributed by atoms with Gasteiger partial charge in [0.2, 0.25) is 0 Å². The number of benzene rings is 2. The molecule has 0 bridgehead atoms. The van der Waals surface area contributed by atoms with Gasteiger partial charge >= 0.3 is 0 Å². The van der Waals surface area contributed by atoms with Crippen LogP contribution in [0.15, 0.2) is 66.9 Å². The highest BCUT2D eigenvalue weighted by Gasteiger charge is 2.29. The minimum Gasteiger partial charge on any atom is -0.385 e. The van der Waals surface area contributed by atoms with Crippen LogP contribution in [0.4, 0.5) is 11.5 Å². The molecule has 212 valence electrons. The number of amides is 3. The van der Waals surface area contributed by atoms with Crippen molar-refractivity contribution in [3.63, 3.8) is 0 Å². The molecule has 0 atom stereocenters. The van der Waals surface area contributed by atoms with Crippen molar-refractivity contribution in [1.29, 1.82) is 0 Å². The van der Waals surface area contributed by atoms with E-state index in [4.69, 9.17) is 10.5 Å². The lowest BCUT2D eigenvalue weighted by atomic mass is 10.1. The number of carbonyl (C=O) groups is 3. The van der Waals surface area contributed by atoms with Crippen molar-refractivity contribution in [2.75, 3.05) is 43.6 Å². The predicted octanol–water partition coefficient (Wildman–Crippen LogP) is 3.20. The van der Waals surface area contributed by atoms with Crippen LogP contribution >= 0.6 is 0 Å². The van der Waals surface area contributed by atoms with Crippen LogP contribution in [0, 0.1) is 0 Å². The lowest BCUT2D eigenvalue weighted by molar-refractivity contribution is 0.0925. The van der Waals surface area contributed by atoms with Crippen molar-refractivity contribution in [1.82, 2.24) is 15.6 Å². The first kappa shape index (κ1) is 30.1. The third-order valence-corrected chi connectivity index (χ3v) is 6.23. The first-order valence-corrected chi connectivity index (χ1v) is 13.4. The summed E-state index contributed by atoms with van der Waals surface area (Å²) in [6, 6.07) is 18.0. The van der Waals surface area contributed by atoms with Crippen LogP contribution in [0.3, 0.4) is 0 Å². The van der Waals surface area contributed by atoms with Crippen molar-refractivity contribution in [2.24, 2.45) is 5.73 Å². The largest absolute Gasteiger partial charge is 0.385 e. The summed E-state index contributed by atoms with van der Waals surface area (Å²) in [4.78, 5) is 43.5. The fraction of sp³-hybridized carbons (Fsp3) is 0.333. The molecule has 1 fully saturated rings. The minimum atomic E-state index is -0.562. The molecular weight excluding hydrogens is 508 g/mol. The second-order valence-corrected chi connectivity index (χ2v) is 9.05. The molecule has 0 radical (unpaired) electrons. The summed E-state index contributed by atoms with van der Waals surface area (Å²) < 4.78 is 5.04. The number of ether oxygens (including phenoxy) is 1. The number of hydrogen-bond donors (Lipinski definition) is 4. The summed E-state index contributed by atoms with van der Waals surface area (Å²) in [6.45, 7) is 6.80. The molecule has 0 aliphatic carbocycles. The lowest BCUT2D eigenvalue weighted by Gasteiger charge is -2.40. The molecular formula is C30H38N6O4. The predicted molar refractivity (Wildman–Crippen MR) is 157 cm³/mol. The van der Waals surface area contributed by atoms with Crippen LogP contribution in [0.1, 0.15) is 56.9 Å². The Morgan fingerprint density at radius 3 is 2.38 bits per heavy atom. The van der Waals surface area contributed by atoms with Crippen LogP contribution in [-0.4, -0.2) is 62.1 Å². The standard InChI is InChI=1S/C28H32N6O4.C2H6/c1-38-13-5-12-30-24-14-20(8-10-23(24)26(29)35)28(37)33-22-17-34(18-22)25-11-9-21(16-31-25)27(36)32-15-19-6-3-2-4-7-19;1-2/h2-4,6-11,14,16,22,30H,5,12-13,15,17-18H2,1H3,(H2,29,35)(H,32,36)(H,33,37);1-2H3. The van der Waals surface area contributed by atoms with Gasteiger partial charge in [-0.1, -0.05) is 44.2 Å². The molecule has 0 spiro atoms. The van der Waals surface area contributed by atoms with E-state index in [-0.39, 0.29) is 17.9 Å². The number of nitrogens with zero attached hydrogens (tertiary/aromatic N) is 2. The van der Waals surface area contributed by atoms with Crippen molar-refractivity contribution in [3.8, 4) is 0 Å². The molecule has 10 nitrogen and oxygen atoms in total. The van der Waals surface area contributed by atoms with E-state index in [0.29, 0.717) is 55.2 Å². The maximum absolute atomic E-state index is 12.8. The second-order valence-electron chi connectivity index (χ2n) is 9.05. The number of rotatable bonds is 12. The Hall–Kier alpha value is -4.44. The number of anilines is 2. The maximum atomic E-state index is 12.8. The van der Waals surface area contributed by atoms with Crippen molar-refractivity contribution < 1.29 is 19.1 Å². The van der Waals surface area contributed by atoms with Gasteiger partial charge in [0.25, 0.3) is 17.7 Å². The van der Waals surface area contributed by atoms with E-state index < -0.39 is 5.91 Å². The molecule has 1 aromatic heterocycles. The summed E-state index contributed by atoms with van der Waals surface area (Å²) >= 11 is 0. The highest BCUT2D eigenvalue weighted by Crippen LogP contribution is 2.21. The highest BCUT2D eigenvalue weighted by molar-refractivity contribution is 6.02. The Kier molecular flexibility index (Phi) is 11.5. The Labute approximate surface area is 235 Å². The molecule has 2 heterocycles. The fourth-order valence-corrected chi connectivity index (χ4v) is 4.10. The Bertz CT molecular complexity index is 1260. The number of carbonyl (C=O) groups excluding carboxylic acids is 3. The zero-order chi connectivity index (χ0) is 28.9. The molecule has 0 unspecified atom stereocenters. The Balaban J connectivity index is 0.00000216. The molecule has 1 saturated heterocycles. The van der Waals surface area contributed by atoms with Gasteiger partial charge in [0.1, 0.15) is 5.82 Å². The summed E-state index contributed by atoms with van der Waals surface area (Å²) in [5.74, 6) is -0.239. The van der Waals surface area contributed by atoms with Crippen LogP contribution in [0.5, 0.6) is 0 Å². The first-order valence-electron chi connectivity index (χ1n) is 13.4. The van der Waals surface area contributed by atoms with E-state index in [1.165, 1.54) is 0 Å². The Morgan fingerprint density at radius 2 is 1.73 bits per heavy atom. The average Bonchev–Trinajstić information content (AvgIpc) is 2.97. The molecule has 3 amide bonds. The number of primary amides is 1. The van der Waals surface area contributed by atoms with Crippen LogP contribution in [0.2, 0.25) is 0 Å². The summed E-state index contributed by atoms with van der Waals surface area (Å²) in [6.07, 6.45) is 2.30. The first-order chi connectivity index (χ1) is 19.4. The molecule has 3 aromatic rings. The molecule has 1 aliphatic heterocycles. The van der Waals surface area contributed by atoms with E-state index in [1.54, 1.807) is 43.6 Å². The van der Waals surface area contributed by atoms with Gasteiger partial charge in [0, 0.05) is 57.3 Å². The van der Waals surface area contributed by atoms with Crippen molar-refractivity contribution >= 4 is 29.2 Å². The quantitative estimate of drug-likeness (QED) is 0.256. The number of nitrogens with one attached hydrogen (secondary N) is 3. The van der Waals surface area contributed by atoms with Gasteiger partial charge in [-0.15, -0.1) is 0 Å². The van der Waals surface area contributed by atoms with Crippen molar-refractivity contribution in [2.45, 2.75) is 32.9 Å². The SMILES string of the molecule is CC.COCCCNc1cc(C(=O)NC2CN(c3ccc(C(=O)NCc4ccccc4)cn3)C2)ccc1C(N)=O. The molecule has 5 N–H and O–H groups in total. The van der Waals surface area contributed by atoms with Gasteiger partial charge in [-0.05, 0) is 42.3 Å². The third kappa shape index (κ3) is 8.28. The van der Waals surface area contributed by atoms with Gasteiger partial charge < -0.3 is 31.3 Å². The molecule has 0 saturated carbocycles. The Morgan fingerprint density at radius 1 is 1.00 bits per heavy atom. The highest BCUT2D eigenvalue weighted by atomic mass is 16.5. The summed E-state index contributed by atoms with van der Waals surface area (Å²) in [7, 11) is 1.62. The van der Waals surface area contributed by atoms with E-state index in [0.717, 1.165) is 17.8 Å². The van der Waals surface area contributed by atoms with Gasteiger partial charge in [-0.2, -0.15) is 0 Å². The van der Waals surface area contributed by atoms with Gasteiger partial charge in [-0.3, -0.25) is 14.4 Å². The van der Waals surface area contributed by atoms with Gasteiger partial charge in [0.05, 0.1) is 17.2 Å². The molecule has 40 heavy (non-hydrogen) atoms. The van der Waals surface area contributed by atoms with E-state index >= 15 is 0 Å². The zero-order valence-electron chi connectivity index (χ0n) is 23.3. The minimum absolute atomic E-state index is 0.0490. The number of nitrogens with two attached hydrogens (primary N) is 1. The van der Waals surface area contributed by atoms with Crippen LogP contribution in [-0.2, 0) is 11.3 Å². The molecule has 1 aliphatic rings. The second kappa shape index (κ2) is 15.2. The maximum Gasteiger partial charge on any atom is 0.253 e. The van der Waals surface area contributed by atoms with E-state index in [9.17, 15) is 14.4 Å². The molecule has 2 aromatic carbocycles. The summed E-state index contributed by atoms with van der Waals surface area (Å²) in [5, 5.41) is 9.06. The fourth-order valence-electron chi connectivity index (χ4n) is 4.10. The van der Waals surface area contributed by atoms with Crippen molar-refractivity contribution in [3.05, 3.63) is 89.1 Å². The normalized spacial score (nSPS) is 12.4. The topological polar surface area (TPSA) is 139 Å². The van der Waals surface area contributed by atoms with E-state index in [1.807, 2.05) is 49.1 Å². The van der Waals surface area contributed by atoms with Crippen LogP contribution in [0.25, 0.3) is 0 Å². The monoisotopic (exact) mass is 546 g/mol. The average molecular weight is 547 g/mol. The number of pyridine rings is 1. The van der Waals surface area contributed by atoms with Crippen LogP contribution < -0.4 is 26.6 Å². The molecule has 4 rings (SSSR count). The molecule has 10 heteroatoms. The van der Waals surface area contributed by atoms with Gasteiger partial charge in [-0.25, -0.2) is 4.98 Å². The number of methoxy groups -OCH3 is 1. The van der Waals surface area contributed by atoms with E-state index in [2.05, 4.69) is 20.9 Å². The number of hydrogen-bond acceptors (Lipinski definition) is 7. The smallest absolute Gasteiger partial charge is 0.253 e. The number of aromatic nitrogens is 1.